The molecule has 168 valence electrons. The number of amides is 1. The van der Waals surface area contributed by atoms with Crippen molar-refractivity contribution in [2.45, 2.75) is 103 Å². The third kappa shape index (κ3) is 10.2. The van der Waals surface area contributed by atoms with E-state index in [-0.39, 0.29) is 24.4 Å². The zero-order valence-corrected chi connectivity index (χ0v) is 18.6. The van der Waals surface area contributed by atoms with Crippen LogP contribution in [0.25, 0.3) is 0 Å². The molecule has 1 aliphatic heterocycles. The molecule has 1 aliphatic rings. The highest BCUT2D eigenvalue weighted by atomic mass is 16.5. The smallest absolute Gasteiger partial charge is 0.328 e. The first-order valence-electron chi connectivity index (χ1n) is 11.8. The van der Waals surface area contributed by atoms with Gasteiger partial charge in [0.05, 0.1) is 25.7 Å². The van der Waals surface area contributed by atoms with Gasteiger partial charge in [0.15, 0.2) is 0 Å². The van der Waals surface area contributed by atoms with Crippen molar-refractivity contribution in [3.8, 4) is 0 Å². The van der Waals surface area contributed by atoms with Gasteiger partial charge in [-0.1, -0.05) is 95.0 Å². The average molecular weight is 418 g/mol. The Hall–Kier alpha value is -1.88. The number of unbranched alkanes of at least 4 members (excludes halogenated alkanes) is 8. The first-order valence-corrected chi connectivity index (χ1v) is 11.8. The molecule has 1 heterocycles. The van der Waals surface area contributed by atoms with E-state index in [4.69, 9.17) is 9.47 Å². The number of carbonyl (C=O) groups is 2. The summed E-state index contributed by atoms with van der Waals surface area (Å²) in [5, 5.41) is 2.80. The first kappa shape index (κ1) is 24.4. The van der Waals surface area contributed by atoms with E-state index in [0.717, 1.165) is 18.4 Å². The molecule has 0 unspecified atom stereocenters. The average Bonchev–Trinajstić information content (AvgIpc) is 3.15. The molecule has 30 heavy (non-hydrogen) atoms. The second kappa shape index (κ2) is 15.0. The van der Waals surface area contributed by atoms with Gasteiger partial charge in [-0.3, -0.25) is 4.79 Å². The molecule has 0 saturated carbocycles. The van der Waals surface area contributed by atoms with Crippen molar-refractivity contribution in [3.63, 3.8) is 0 Å². The fourth-order valence-corrected chi connectivity index (χ4v) is 3.80. The first-order chi connectivity index (χ1) is 14.7. The van der Waals surface area contributed by atoms with E-state index in [1.807, 2.05) is 30.3 Å². The largest absolute Gasteiger partial charge is 0.464 e. The number of esters is 1. The van der Waals surface area contributed by atoms with Gasteiger partial charge in [-0.25, -0.2) is 4.79 Å². The Labute approximate surface area is 181 Å². The van der Waals surface area contributed by atoms with Gasteiger partial charge in [0, 0.05) is 6.42 Å². The Balaban J connectivity index is 1.70. The monoisotopic (exact) mass is 417 g/mol. The zero-order valence-electron chi connectivity index (χ0n) is 18.6. The molecule has 5 heteroatoms. The standard InChI is InChI=1S/C25H39NO4/c1-2-3-4-5-6-7-8-9-13-16-22(30-20-21-14-11-10-12-15-21)19-24(27)26-23-17-18-29-25(23)28/h10-12,14-15,22-23H,2-9,13,16-20H2,1H3,(H,26,27)/t22-,23+/m1/s1. The molecule has 5 nitrogen and oxygen atoms in total. The molecule has 0 radical (unpaired) electrons. The fraction of sp³-hybridized carbons (Fsp3) is 0.680. The summed E-state index contributed by atoms with van der Waals surface area (Å²) in [5.41, 5.74) is 1.11. The summed E-state index contributed by atoms with van der Waals surface area (Å²) in [7, 11) is 0. The molecular formula is C25H39NO4. The van der Waals surface area contributed by atoms with Gasteiger partial charge in [0.25, 0.3) is 0 Å². The maximum Gasteiger partial charge on any atom is 0.328 e. The predicted molar refractivity (Wildman–Crippen MR) is 119 cm³/mol. The Morgan fingerprint density at radius 3 is 2.37 bits per heavy atom. The van der Waals surface area contributed by atoms with Crippen molar-refractivity contribution in [2.75, 3.05) is 6.61 Å². The molecule has 1 aromatic carbocycles. The van der Waals surface area contributed by atoms with Gasteiger partial charge in [-0.15, -0.1) is 0 Å². The van der Waals surface area contributed by atoms with Gasteiger partial charge in [-0.05, 0) is 12.0 Å². The summed E-state index contributed by atoms with van der Waals surface area (Å²) in [6, 6.07) is 9.53. The maximum atomic E-state index is 12.4. The van der Waals surface area contributed by atoms with E-state index in [0.29, 0.717) is 19.6 Å². The topological polar surface area (TPSA) is 64.6 Å². The third-order valence-corrected chi connectivity index (χ3v) is 5.64. The van der Waals surface area contributed by atoms with Crippen LogP contribution >= 0.6 is 0 Å². The van der Waals surface area contributed by atoms with Crippen molar-refractivity contribution in [1.82, 2.24) is 5.32 Å². The van der Waals surface area contributed by atoms with E-state index >= 15 is 0 Å². The predicted octanol–water partition coefficient (Wildman–Crippen LogP) is 5.31. The number of cyclic esters (lactones) is 1. The molecule has 0 bridgehead atoms. The van der Waals surface area contributed by atoms with E-state index in [1.54, 1.807) is 0 Å². The number of nitrogens with one attached hydrogen (secondary N) is 1. The Morgan fingerprint density at radius 2 is 1.73 bits per heavy atom. The van der Waals surface area contributed by atoms with Gasteiger partial charge in [0.1, 0.15) is 6.04 Å². The van der Waals surface area contributed by atoms with Crippen LogP contribution in [0.4, 0.5) is 0 Å². The van der Waals surface area contributed by atoms with Crippen molar-refractivity contribution < 1.29 is 19.1 Å². The molecule has 2 atom stereocenters. The van der Waals surface area contributed by atoms with Crippen LogP contribution in [-0.4, -0.2) is 30.6 Å². The lowest BCUT2D eigenvalue weighted by atomic mass is 10.0. The summed E-state index contributed by atoms with van der Waals surface area (Å²) in [6.07, 6.45) is 13.0. The highest BCUT2D eigenvalue weighted by Gasteiger charge is 2.28. The molecule has 2 rings (SSSR count). The SMILES string of the molecule is CCCCCCCCCCC[C@H](CC(=O)N[C@H]1CCOC1=O)OCc1ccccc1. The van der Waals surface area contributed by atoms with Crippen LogP contribution in [-0.2, 0) is 25.7 Å². The second-order valence-corrected chi connectivity index (χ2v) is 8.32. The molecule has 1 N–H and O–H groups in total. The van der Waals surface area contributed by atoms with E-state index in [2.05, 4.69) is 12.2 Å². The lowest BCUT2D eigenvalue weighted by Crippen LogP contribution is -2.39. The minimum atomic E-state index is -0.500. The van der Waals surface area contributed by atoms with Gasteiger partial charge >= 0.3 is 5.97 Å². The van der Waals surface area contributed by atoms with Crippen molar-refractivity contribution in [1.29, 1.82) is 0 Å². The van der Waals surface area contributed by atoms with Crippen LogP contribution in [0, 0.1) is 0 Å². The Morgan fingerprint density at radius 1 is 1.07 bits per heavy atom. The third-order valence-electron chi connectivity index (χ3n) is 5.64. The molecule has 0 aliphatic carbocycles. The molecule has 0 aromatic heterocycles. The summed E-state index contributed by atoms with van der Waals surface area (Å²) >= 11 is 0. The highest BCUT2D eigenvalue weighted by molar-refractivity contribution is 5.85. The Bertz CT molecular complexity index is 604. The van der Waals surface area contributed by atoms with Crippen LogP contribution in [0.3, 0.4) is 0 Å². The number of ether oxygens (including phenoxy) is 2. The summed E-state index contributed by atoms with van der Waals surface area (Å²) in [4.78, 5) is 24.0. The van der Waals surface area contributed by atoms with Crippen LogP contribution in [0.5, 0.6) is 0 Å². The van der Waals surface area contributed by atoms with Crippen LogP contribution < -0.4 is 5.32 Å². The second-order valence-electron chi connectivity index (χ2n) is 8.32. The normalized spacial score (nSPS) is 17.0. The van der Waals surface area contributed by atoms with Gasteiger partial charge in [0.2, 0.25) is 5.91 Å². The Kier molecular flexibility index (Phi) is 12.2. The van der Waals surface area contributed by atoms with Crippen molar-refractivity contribution in [3.05, 3.63) is 35.9 Å². The number of hydrogen-bond donors (Lipinski definition) is 1. The summed E-state index contributed by atoms with van der Waals surface area (Å²) < 4.78 is 11.0. The van der Waals surface area contributed by atoms with Crippen molar-refractivity contribution in [2.24, 2.45) is 0 Å². The van der Waals surface area contributed by atoms with E-state index in [1.165, 1.54) is 51.4 Å². The van der Waals surface area contributed by atoms with Gasteiger partial charge in [-0.2, -0.15) is 0 Å². The quantitative estimate of drug-likeness (QED) is 0.292. The van der Waals surface area contributed by atoms with Crippen LogP contribution in [0.15, 0.2) is 30.3 Å². The number of benzene rings is 1. The lowest BCUT2D eigenvalue weighted by molar-refractivity contribution is -0.141. The fourth-order valence-electron chi connectivity index (χ4n) is 3.80. The maximum absolute atomic E-state index is 12.4. The zero-order chi connectivity index (χ0) is 21.4. The molecule has 0 spiro atoms. The molecule has 1 saturated heterocycles. The van der Waals surface area contributed by atoms with Crippen LogP contribution in [0.1, 0.15) is 89.5 Å². The minimum absolute atomic E-state index is 0.132. The lowest BCUT2D eigenvalue weighted by Gasteiger charge is -2.19. The summed E-state index contributed by atoms with van der Waals surface area (Å²) in [5.74, 6) is -0.461. The number of hydrogen-bond acceptors (Lipinski definition) is 4. The van der Waals surface area contributed by atoms with Crippen LogP contribution in [0.2, 0.25) is 0 Å². The molecule has 1 amide bonds. The molecule has 1 fully saturated rings. The van der Waals surface area contributed by atoms with Crippen molar-refractivity contribution >= 4 is 11.9 Å². The number of carbonyl (C=O) groups excluding carboxylic acids is 2. The van der Waals surface area contributed by atoms with E-state index in [9.17, 15) is 9.59 Å². The van der Waals surface area contributed by atoms with Gasteiger partial charge < -0.3 is 14.8 Å². The highest BCUT2D eigenvalue weighted by Crippen LogP contribution is 2.16. The molecule has 1 aromatic rings. The summed E-state index contributed by atoms with van der Waals surface area (Å²) in [6.45, 7) is 3.13. The molecular weight excluding hydrogens is 378 g/mol. The van der Waals surface area contributed by atoms with E-state index < -0.39 is 6.04 Å². The minimum Gasteiger partial charge on any atom is -0.464 e. The number of rotatable bonds is 16.